The minimum atomic E-state index is -4.85. The quantitative estimate of drug-likeness (QED) is 0.508. The zero-order valence-electron chi connectivity index (χ0n) is 4.17. The Kier molecular flexibility index (Phi) is 2.53. The third-order valence-corrected chi connectivity index (χ3v) is 0.885. The van der Waals surface area contributed by atoms with Gasteiger partial charge in [-0.25, -0.2) is 0 Å². The van der Waals surface area contributed by atoms with Crippen LogP contribution in [0.3, 0.4) is 0 Å². The van der Waals surface area contributed by atoms with Crippen LogP contribution in [0.25, 0.3) is 0 Å². The molecule has 0 radical (unpaired) electrons. The largest absolute Gasteiger partial charge is 0.480 e. The summed E-state index contributed by atoms with van der Waals surface area (Å²) in [6.07, 6.45) is 0. The van der Waals surface area contributed by atoms with E-state index in [1.807, 2.05) is 0 Å². The van der Waals surface area contributed by atoms with Crippen LogP contribution in [0.5, 0.6) is 0 Å². The van der Waals surface area contributed by atoms with Crippen molar-refractivity contribution in [2.24, 2.45) is 0 Å². The molecule has 0 rings (SSSR count). The van der Waals surface area contributed by atoms with Crippen LogP contribution in [0.2, 0.25) is 0 Å². The number of aliphatic carboxylic acids is 1. The van der Waals surface area contributed by atoms with Crippen LogP contribution in [0.1, 0.15) is 0 Å². The van der Waals surface area contributed by atoms with Gasteiger partial charge >= 0.3 is 16.4 Å². The molecule has 9 heavy (non-hydrogen) atoms. The number of hydrogen-bond donors (Lipinski definition) is 2. The molecule has 0 saturated heterocycles. The molecule has 0 aliphatic carbocycles. The van der Waals surface area contributed by atoms with Gasteiger partial charge in [-0.2, -0.15) is 13.1 Å². The summed E-state index contributed by atoms with van der Waals surface area (Å²) in [5.41, 5.74) is 0. The number of nitrogens with one attached hydrogen (secondary N) is 1. The van der Waals surface area contributed by atoms with Crippen molar-refractivity contribution in [3.63, 3.8) is 0 Å². The van der Waals surface area contributed by atoms with Gasteiger partial charge in [-0.3, -0.25) is 4.79 Å². The first-order valence-corrected chi connectivity index (χ1v) is 3.21. The Labute approximate surface area is 50.8 Å². The minimum Gasteiger partial charge on any atom is -0.480 e. The second-order valence-electron chi connectivity index (χ2n) is 1.15. The SMILES string of the molecule is O=C(O)CNS(=O)(=O)F. The van der Waals surface area contributed by atoms with Crippen molar-refractivity contribution in [3.05, 3.63) is 0 Å². The molecule has 5 nitrogen and oxygen atoms in total. The zero-order chi connectivity index (χ0) is 7.49. The fourth-order valence-corrected chi connectivity index (χ4v) is 0.444. The second kappa shape index (κ2) is 2.74. The highest BCUT2D eigenvalue weighted by Crippen LogP contribution is 1.79. The number of carbonyl (C=O) groups is 1. The van der Waals surface area contributed by atoms with E-state index in [4.69, 9.17) is 5.11 Å². The molecule has 0 saturated carbocycles. The lowest BCUT2D eigenvalue weighted by Gasteiger charge is -1.90. The second-order valence-corrected chi connectivity index (χ2v) is 2.32. The monoisotopic (exact) mass is 157 g/mol. The summed E-state index contributed by atoms with van der Waals surface area (Å²) in [5.74, 6) is -1.43. The molecule has 0 unspecified atom stereocenters. The Bertz CT molecular complexity index is 197. The normalized spacial score (nSPS) is 11.2. The Morgan fingerprint density at radius 1 is 1.67 bits per heavy atom. The molecular formula is C2H4FNO4S. The zero-order valence-corrected chi connectivity index (χ0v) is 4.98. The van der Waals surface area contributed by atoms with E-state index in [1.165, 1.54) is 0 Å². The average molecular weight is 157 g/mol. The van der Waals surface area contributed by atoms with Crippen molar-refractivity contribution in [2.75, 3.05) is 6.54 Å². The van der Waals surface area contributed by atoms with Crippen LogP contribution in [-0.2, 0) is 15.2 Å². The van der Waals surface area contributed by atoms with E-state index in [1.54, 1.807) is 0 Å². The Hall–Kier alpha value is -0.690. The van der Waals surface area contributed by atoms with Gasteiger partial charge in [-0.05, 0) is 0 Å². The van der Waals surface area contributed by atoms with Gasteiger partial charge in [0.15, 0.2) is 0 Å². The van der Waals surface area contributed by atoms with Crippen molar-refractivity contribution < 1.29 is 22.2 Å². The summed E-state index contributed by atoms with van der Waals surface area (Å²) in [6, 6.07) is 0. The van der Waals surface area contributed by atoms with Gasteiger partial charge in [-0.1, -0.05) is 3.89 Å². The summed E-state index contributed by atoms with van der Waals surface area (Å²) >= 11 is 0. The molecule has 0 aromatic rings. The van der Waals surface area contributed by atoms with Crippen LogP contribution in [0, 0.1) is 0 Å². The van der Waals surface area contributed by atoms with E-state index < -0.39 is 22.9 Å². The molecule has 7 heteroatoms. The molecule has 0 amide bonds. The molecule has 0 aromatic heterocycles. The van der Waals surface area contributed by atoms with E-state index in [0.29, 0.717) is 0 Å². The van der Waals surface area contributed by atoms with Gasteiger partial charge in [0.25, 0.3) is 0 Å². The highest BCUT2D eigenvalue weighted by molar-refractivity contribution is 7.84. The average Bonchev–Trinajstić information content (AvgIpc) is 1.59. The fourth-order valence-electron chi connectivity index (χ4n) is 0.148. The highest BCUT2D eigenvalue weighted by Gasteiger charge is 2.06. The Morgan fingerprint density at radius 3 is 2.22 bits per heavy atom. The van der Waals surface area contributed by atoms with E-state index in [0.717, 1.165) is 4.72 Å². The maximum absolute atomic E-state index is 11.3. The maximum Gasteiger partial charge on any atom is 0.372 e. The molecule has 54 valence electrons. The first-order chi connectivity index (χ1) is 3.92. The first-order valence-electron chi connectivity index (χ1n) is 1.83. The van der Waals surface area contributed by atoms with Gasteiger partial charge in [0, 0.05) is 0 Å². The number of halogens is 1. The lowest BCUT2D eigenvalue weighted by atomic mass is 10.7. The molecule has 0 aliphatic rings. The van der Waals surface area contributed by atoms with Gasteiger partial charge in [-0.15, -0.1) is 0 Å². The summed E-state index contributed by atoms with van der Waals surface area (Å²) in [6.45, 7) is -0.932. The van der Waals surface area contributed by atoms with E-state index in [9.17, 15) is 17.1 Å². The van der Waals surface area contributed by atoms with Gasteiger partial charge < -0.3 is 5.11 Å². The van der Waals surface area contributed by atoms with Gasteiger partial charge in [0.2, 0.25) is 0 Å². The molecule has 0 aromatic carbocycles. The molecular weight excluding hydrogens is 153 g/mol. The molecule has 0 atom stereocenters. The Morgan fingerprint density at radius 2 is 2.11 bits per heavy atom. The van der Waals surface area contributed by atoms with E-state index >= 15 is 0 Å². The molecule has 0 heterocycles. The summed E-state index contributed by atoms with van der Waals surface area (Å²) in [5, 5.41) is 7.78. The minimum absolute atomic E-state index is 0.932. The predicted octanol–water partition coefficient (Wildman–Crippen LogP) is -1.13. The molecule has 0 bridgehead atoms. The van der Waals surface area contributed by atoms with Crippen molar-refractivity contribution in [2.45, 2.75) is 0 Å². The standard InChI is InChI=1S/C2H4FNO4S/c3-9(7,8)4-1-2(5)6/h4H,1H2,(H,5,6). The third kappa shape index (κ3) is 7.31. The van der Waals surface area contributed by atoms with Crippen molar-refractivity contribution >= 4 is 16.4 Å². The molecule has 0 aliphatic heterocycles. The fraction of sp³-hybridized carbons (Fsp3) is 0.500. The van der Waals surface area contributed by atoms with Crippen LogP contribution in [0.15, 0.2) is 0 Å². The lowest BCUT2D eigenvalue weighted by Crippen LogP contribution is -2.25. The van der Waals surface area contributed by atoms with Crippen molar-refractivity contribution in [3.8, 4) is 0 Å². The summed E-state index contributed by atoms with van der Waals surface area (Å²) in [4.78, 5) is 9.55. The van der Waals surface area contributed by atoms with Crippen LogP contribution < -0.4 is 4.72 Å². The van der Waals surface area contributed by atoms with Crippen LogP contribution in [0.4, 0.5) is 3.89 Å². The van der Waals surface area contributed by atoms with Gasteiger partial charge in [0.05, 0.1) is 0 Å². The van der Waals surface area contributed by atoms with Crippen molar-refractivity contribution in [1.29, 1.82) is 0 Å². The highest BCUT2D eigenvalue weighted by atomic mass is 32.3. The summed E-state index contributed by atoms with van der Waals surface area (Å²) < 4.78 is 31.5. The van der Waals surface area contributed by atoms with Crippen LogP contribution >= 0.6 is 0 Å². The lowest BCUT2D eigenvalue weighted by molar-refractivity contribution is -0.135. The number of hydrogen-bond acceptors (Lipinski definition) is 3. The third-order valence-electron chi connectivity index (χ3n) is 0.396. The number of carboxylic acid groups (broad SMARTS) is 1. The maximum atomic E-state index is 11.3. The predicted molar refractivity (Wildman–Crippen MR) is 25.7 cm³/mol. The molecule has 2 N–H and O–H groups in total. The van der Waals surface area contributed by atoms with E-state index in [2.05, 4.69) is 0 Å². The van der Waals surface area contributed by atoms with Crippen LogP contribution in [-0.4, -0.2) is 26.0 Å². The molecule has 0 fully saturated rings. The number of rotatable bonds is 3. The summed E-state index contributed by atoms with van der Waals surface area (Å²) in [7, 11) is -4.85. The molecule has 0 spiro atoms. The topological polar surface area (TPSA) is 83.5 Å². The van der Waals surface area contributed by atoms with Gasteiger partial charge in [0.1, 0.15) is 6.54 Å². The van der Waals surface area contributed by atoms with Crippen molar-refractivity contribution in [1.82, 2.24) is 4.72 Å². The first kappa shape index (κ1) is 8.31. The van der Waals surface area contributed by atoms with E-state index in [-0.39, 0.29) is 0 Å². The number of carboxylic acids is 1. The smallest absolute Gasteiger partial charge is 0.372 e. The Balaban J connectivity index is 3.67.